The predicted octanol–water partition coefficient (Wildman–Crippen LogP) is 1.54. The molecular weight excluding hydrogens is 361 g/mol. The zero-order chi connectivity index (χ0) is 18.2. The van der Waals surface area contributed by atoms with Crippen molar-refractivity contribution in [1.82, 2.24) is 29.9 Å². The molecule has 0 amide bonds. The fraction of sp³-hybridized carbons (Fsp3) is 0.154. The van der Waals surface area contributed by atoms with Crippen molar-refractivity contribution in [3.63, 3.8) is 0 Å². The van der Waals surface area contributed by atoms with Gasteiger partial charge in [-0.25, -0.2) is 13.4 Å². The Morgan fingerprint density at radius 3 is 2.40 bits per heavy atom. The van der Waals surface area contributed by atoms with E-state index in [2.05, 4.69) is 25.3 Å². The molecule has 3 heterocycles. The topological polar surface area (TPSA) is 104 Å². The van der Waals surface area contributed by atoms with Gasteiger partial charge in [-0.15, -0.1) is 15.3 Å². The molecule has 0 saturated heterocycles. The molecule has 25 heavy (non-hydrogen) atoms. The zero-order valence-electron chi connectivity index (χ0n) is 12.5. The van der Waals surface area contributed by atoms with Crippen LogP contribution in [0.4, 0.5) is 13.2 Å². The average Bonchev–Trinajstić information content (AvgIpc) is 3.00. The highest BCUT2D eigenvalue weighted by atomic mass is 32.2. The summed E-state index contributed by atoms with van der Waals surface area (Å²) < 4.78 is 62.5. The molecule has 0 unspecified atom stereocenters. The quantitative estimate of drug-likeness (QED) is 0.689. The monoisotopic (exact) mass is 370 g/mol. The first-order chi connectivity index (χ1) is 11.7. The van der Waals surface area contributed by atoms with Gasteiger partial charge in [0.2, 0.25) is 0 Å². The van der Waals surface area contributed by atoms with Gasteiger partial charge < -0.3 is 0 Å². The van der Waals surface area contributed by atoms with Crippen molar-refractivity contribution < 1.29 is 21.6 Å². The van der Waals surface area contributed by atoms with Crippen molar-refractivity contribution in [2.75, 3.05) is 6.26 Å². The molecule has 130 valence electrons. The Morgan fingerprint density at radius 1 is 1.12 bits per heavy atom. The fourth-order valence-electron chi connectivity index (χ4n) is 1.90. The summed E-state index contributed by atoms with van der Waals surface area (Å²) in [6, 6.07) is 5.35. The van der Waals surface area contributed by atoms with E-state index in [4.69, 9.17) is 0 Å². The molecule has 0 radical (unpaired) electrons. The highest BCUT2D eigenvalue weighted by molar-refractivity contribution is 7.90. The van der Waals surface area contributed by atoms with Crippen LogP contribution in [0.15, 0.2) is 41.7 Å². The van der Waals surface area contributed by atoms with E-state index in [1.54, 1.807) is 0 Å². The van der Waals surface area contributed by atoms with E-state index in [0.717, 1.165) is 17.0 Å². The molecule has 3 aromatic rings. The summed E-state index contributed by atoms with van der Waals surface area (Å²) in [5, 5.41) is 10.3. The van der Waals surface area contributed by atoms with Crippen LogP contribution in [0, 0.1) is 0 Å². The maximum atomic E-state index is 13.0. The van der Waals surface area contributed by atoms with Crippen LogP contribution in [-0.4, -0.2) is 44.6 Å². The van der Waals surface area contributed by atoms with E-state index in [1.807, 2.05) is 0 Å². The summed E-state index contributed by atoms with van der Waals surface area (Å²) in [5.41, 5.74) is 0.277. The normalized spacial score (nSPS) is 12.3. The third-order valence-corrected chi connectivity index (χ3v) is 3.98. The fourth-order valence-corrected chi connectivity index (χ4v) is 2.40. The molecule has 0 saturated carbocycles. The molecule has 0 atom stereocenters. The molecule has 0 aliphatic rings. The molecule has 0 N–H and O–H groups in total. The van der Waals surface area contributed by atoms with Crippen molar-refractivity contribution in [3.05, 3.63) is 42.5 Å². The number of halogens is 3. The maximum Gasteiger partial charge on any atom is 0.453 e. The van der Waals surface area contributed by atoms with E-state index < -0.39 is 21.8 Å². The van der Waals surface area contributed by atoms with E-state index >= 15 is 0 Å². The van der Waals surface area contributed by atoms with E-state index in [9.17, 15) is 21.6 Å². The number of nitrogens with zero attached hydrogens (tertiary/aromatic N) is 6. The Balaban J connectivity index is 2.16. The van der Waals surface area contributed by atoms with Gasteiger partial charge in [-0.2, -0.15) is 17.9 Å². The Morgan fingerprint density at radius 2 is 1.88 bits per heavy atom. The number of alkyl halides is 3. The van der Waals surface area contributed by atoms with E-state index in [0.29, 0.717) is 0 Å². The summed E-state index contributed by atoms with van der Waals surface area (Å²) in [5.74, 6) is -1.63. The lowest BCUT2D eigenvalue weighted by Gasteiger charge is -2.04. The number of sulfone groups is 1. The van der Waals surface area contributed by atoms with Crippen LogP contribution < -0.4 is 0 Å². The Hall–Kier alpha value is -2.89. The SMILES string of the molecule is CS(=O)(=O)c1ccc(-n2nc(C(F)(F)F)nc2-c2cccnc2)nn1. The van der Waals surface area contributed by atoms with Gasteiger partial charge in [-0.1, -0.05) is 0 Å². The van der Waals surface area contributed by atoms with Gasteiger partial charge >= 0.3 is 6.18 Å². The second kappa shape index (κ2) is 5.88. The second-order valence-electron chi connectivity index (χ2n) is 4.91. The van der Waals surface area contributed by atoms with Crippen LogP contribution >= 0.6 is 0 Å². The highest BCUT2D eigenvalue weighted by Gasteiger charge is 2.37. The summed E-state index contributed by atoms with van der Waals surface area (Å²) >= 11 is 0. The molecule has 3 rings (SSSR count). The highest BCUT2D eigenvalue weighted by Crippen LogP contribution is 2.29. The minimum absolute atomic E-state index is 0.116. The molecular formula is C13H9F3N6O2S. The summed E-state index contributed by atoms with van der Waals surface area (Å²) in [6.07, 6.45) is -1.05. The minimum atomic E-state index is -4.76. The van der Waals surface area contributed by atoms with Gasteiger partial charge in [0.05, 0.1) is 0 Å². The number of pyridine rings is 1. The van der Waals surface area contributed by atoms with Crippen LogP contribution in [0.2, 0.25) is 0 Å². The van der Waals surface area contributed by atoms with Gasteiger partial charge in [0.1, 0.15) is 0 Å². The lowest BCUT2D eigenvalue weighted by Crippen LogP contribution is -2.10. The number of rotatable bonds is 3. The Kier molecular flexibility index (Phi) is 3.99. The lowest BCUT2D eigenvalue weighted by molar-refractivity contribution is -0.144. The second-order valence-corrected chi connectivity index (χ2v) is 6.87. The molecule has 0 bridgehead atoms. The van der Waals surface area contributed by atoms with Gasteiger partial charge in [-0.05, 0) is 24.3 Å². The molecule has 0 fully saturated rings. The first-order valence-electron chi connectivity index (χ1n) is 6.65. The summed E-state index contributed by atoms with van der Waals surface area (Å²) in [4.78, 5) is 7.34. The van der Waals surface area contributed by atoms with E-state index in [-0.39, 0.29) is 22.2 Å². The Labute approximate surface area is 139 Å². The van der Waals surface area contributed by atoms with Gasteiger partial charge in [0.25, 0.3) is 5.82 Å². The smallest absolute Gasteiger partial charge is 0.264 e. The van der Waals surface area contributed by atoms with Crippen LogP contribution in [0.1, 0.15) is 5.82 Å². The number of hydrogen-bond donors (Lipinski definition) is 0. The van der Waals surface area contributed by atoms with Gasteiger partial charge in [0, 0.05) is 24.2 Å². The van der Waals surface area contributed by atoms with E-state index in [1.165, 1.54) is 30.6 Å². The van der Waals surface area contributed by atoms with Crippen LogP contribution in [-0.2, 0) is 16.0 Å². The van der Waals surface area contributed by atoms with Crippen molar-refractivity contribution in [1.29, 1.82) is 0 Å². The summed E-state index contributed by atoms with van der Waals surface area (Å²) in [6.45, 7) is 0. The maximum absolute atomic E-state index is 13.0. The standard InChI is InChI=1S/C13H9F3N6O2S/c1-25(23,24)10-5-4-9(19-20-10)22-11(8-3-2-6-17-7-8)18-12(21-22)13(14,15)16/h2-7H,1H3. The number of hydrogen-bond acceptors (Lipinski definition) is 7. The predicted molar refractivity (Wildman–Crippen MR) is 78.3 cm³/mol. The molecule has 3 aromatic heterocycles. The molecule has 0 aromatic carbocycles. The summed E-state index contributed by atoms with van der Waals surface area (Å²) in [7, 11) is -3.59. The van der Waals surface area contributed by atoms with Crippen LogP contribution in [0.25, 0.3) is 17.2 Å². The van der Waals surface area contributed by atoms with Crippen LogP contribution in [0.5, 0.6) is 0 Å². The van der Waals surface area contributed by atoms with Crippen molar-refractivity contribution >= 4 is 9.84 Å². The third kappa shape index (κ3) is 3.47. The van der Waals surface area contributed by atoms with Crippen molar-refractivity contribution in [3.8, 4) is 17.2 Å². The number of aromatic nitrogens is 6. The van der Waals surface area contributed by atoms with Crippen molar-refractivity contribution in [2.24, 2.45) is 0 Å². The molecule has 12 heteroatoms. The molecule has 8 nitrogen and oxygen atoms in total. The zero-order valence-corrected chi connectivity index (χ0v) is 13.3. The first-order valence-corrected chi connectivity index (χ1v) is 8.54. The van der Waals surface area contributed by atoms with Crippen LogP contribution in [0.3, 0.4) is 0 Å². The van der Waals surface area contributed by atoms with Crippen molar-refractivity contribution in [2.45, 2.75) is 11.2 Å². The molecule has 0 spiro atoms. The average molecular weight is 370 g/mol. The third-order valence-electron chi connectivity index (χ3n) is 3.00. The largest absolute Gasteiger partial charge is 0.453 e. The molecule has 0 aliphatic carbocycles. The molecule has 0 aliphatic heterocycles. The lowest BCUT2D eigenvalue weighted by atomic mass is 10.3. The van der Waals surface area contributed by atoms with Gasteiger partial charge in [0.15, 0.2) is 26.5 Å². The first kappa shape index (κ1) is 17.0. The minimum Gasteiger partial charge on any atom is -0.264 e. The van der Waals surface area contributed by atoms with Gasteiger partial charge in [-0.3, -0.25) is 4.98 Å². The Bertz CT molecular complexity index is 1000.